The van der Waals surface area contributed by atoms with Gasteiger partial charge in [0.1, 0.15) is 0 Å². The van der Waals surface area contributed by atoms with Crippen LogP contribution in [0.2, 0.25) is 0 Å². The van der Waals surface area contributed by atoms with E-state index in [1.54, 1.807) is 0 Å². The number of aliphatic hydroxyl groups excluding tert-OH is 1. The van der Waals surface area contributed by atoms with Gasteiger partial charge >= 0.3 is 0 Å². The summed E-state index contributed by atoms with van der Waals surface area (Å²) in [6.07, 6.45) is 5.29. The summed E-state index contributed by atoms with van der Waals surface area (Å²) in [5.41, 5.74) is 0. The van der Waals surface area contributed by atoms with Crippen molar-refractivity contribution in [3.8, 4) is 0 Å². The molecule has 0 radical (unpaired) electrons. The zero-order valence-electron chi connectivity index (χ0n) is 10.2. The van der Waals surface area contributed by atoms with Crippen molar-refractivity contribution in [1.82, 2.24) is 10.2 Å². The zero-order valence-corrected chi connectivity index (χ0v) is 10.2. The van der Waals surface area contributed by atoms with Crippen molar-refractivity contribution in [3.63, 3.8) is 0 Å². The van der Waals surface area contributed by atoms with Crippen LogP contribution < -0.4 is 5.32 Å². The van der Waals surface area contributed by atoms with E-state index < -0.39 is 0 Å². The van der Waals surface area contributed by atoms with Crippen molar-refractivity contribution < 1.29 is 5.11 Å². The second-order valence-electron chi connectivity index (χ2n) is 4.84. The van der Waals surface area contributed by atoms with Gasteiger partial charge in [-0.05, 0) is 25.8 Å². The van der Waals surface area contributed by atoms with Crippen molar-refractivity contribution in [3.05, 3.63) is 0 Å². The summed E-state index contributed by atoms with van der Waals surface area (Å²) in [6, 6.07) is 0.581. The molecule has 0 amide bonds. The summed E-state index contributed by atoms with van der Waals surface area (Å²) in [5.74, 6) is 0.847. The minimum atomic E-state index is 0.250. The number of unbranched alkanes of at least 4 members (excludes halogenated alkanes) is 1. The number of rotatable bonds is 6. The molecule has 0 aromatic carbocycles. The number of likely N-dealkylation sites (tertiary alicyclic amines) is 1. The molecule has 1 fully saturated rings. The highest BCUT2D eigenvalue weighted by atomic mass is 16.3. The van der Waals surface area contributed by atoms with Gasteiger partial charge in [-0.25, -0.2) is 0 Å². The molecule has 90 valence electrons. The molecule has 0 aromatic rings. The first-order valence-electron chi connectivity index (χ1n) is 6.29. The molecule has 0 saturated carbocycles. The molecule has 0 aliphatic carbocycles. The van der Waals surface area contributed by atoms with Crippen LogP contribution in [0.25, 0.3) is 0 Å². The van der Waals surface area contributed by atoms with Crippen LogP contribution in [0.4, 0.5) is 0 Å². The summed E-state index contributed by atoms with van der Waals surface area (Å²) >= 11 is 0. The van der Waals surface area contributed by atoms with E-state index in [0.29, 0.717) is 6.04 Å². The smallest absolute Gasteiger partial charge is 0.0556 e. The molecule has 3 nitrogen and oxygen atoms in total. The highest BCUT2D eigenvalue weighted by Gasteiger charge is 2.23. The number of hydrogen-bond donors (Lipinski definition) is 2. The van der Waals surface area contributed by atoms with Crippen LogP contribution in [0.15, 0.2) is 0 Å². The Labute approximate surface area is 93.9 Å². The van der Waals surface area contributed by atoms with Crippen LogP contribution in [0.5, 0.6) is 0 Å². The molecule has 0 bridgehead atoms. The molecule has 2 N–H and O–H groups in total. The lowest BCUT2D eigenvalue weighted by Crippen LogP contribution is -2.48. The fourth-order valence-corrected chi connectivity index (χ4v) is 2.56. The molecule has 15 heavy (non-hydrogen) atoms. The lowest BCUT2D eigenvalue weighted by atomic mass is 9.90. The van der Waals surface area contributed by atoms with Gasteiger partial charge in [-0.3, -0.25) is 0 Å². The molecule has 3 heteroatoms. The Balaban J connectivity index is 2.27. The van der Waals surface area contributed by atoms with Gasteiger partial charge in [0, 0.05) is 25.7 Å². The molecular weight excluding hydrogens is 188 g/mol. The van der Waals surface area contributed by atoms with Crippen molar-refractivity contribution in [2.45, 2.75) is 38.6 Å². The van der Waals surface area contributed by atoms with Crippen molar-refractivity contribution in [1.29, 1.82) is 0 Å². The number of nitrogens with one attached hydrogen (secondary N) is 1. The highest BCUT2D eigenvalue weighted by Crippen LogP contribution is 2.20. The van der Waals surface area contributed by atoms with Gasteiger partial charge in [0.25, 0.3) is 0 Å². The van der Waals surface area contributed by atoms with Gasteiger partial charge in [0.2, 0.25) is 0 Å². The largest absolute Gasteiger partial charge is 0.395 e. The molecule has 1 aliphatic rings. The van der Waals surface area contributed by atoms with Crippen LogP contribution in [0, 0.1) is 5.92 Å². The van der Waals surface area contributed by atoms with Gasteiger partial charge in [-0.15, -0.1) is 0 Å². The summed E-state index contributed by atoms with van der Waals surface area (Å²) in [5, 5.41) is 12.2. The van der Waals surface area contributed by atoms with E-state index in [1.165, 1.54) is 32.2 Å². The van der Waals surface area contributed by atoms with Gasteiger partial charge in [0.15, 0.2) is 0 Å². The molecule has 1 rings (SSSR count). The van der Waals surface area contributed by atoms with E-state index in [9.17, 15) is 0 Å². The number of nitrogens with zero attached hydrogens (tertiary/aromatic N) is 1. The number of hydrogen-bond acceptors (Lipinski definition) is 3. The van der Waals surface area contributed by atoms with E-state index in [4.69, 9.17) is 5.11 Å². The standard InChI is InChI=1S/C12H26N2O/c1-3-4-5-11-8-12(13-6-7-15)10-14(2)9-11/h11-13,15H,3-10H2,1-2H3. The first-order valence-corrected chi connectivity index (χ1v) is 6.29. The Kier molecular flexibility index (Phi) is 6.22. The van der Waals surface area contributed by atoms with Gasteiger partial charge in [0.05, 0.1) is 6.61 Å². The van der Waals surface area contributed by atoms with Crippen LogP contribution in [0.1, 0.15) is 32.6 Å². The highest BCUT2D eigenvalue weighted by molar-refractivity contribution is 4.81. The zero-order chi connectivity index (χ0) is 11.1. The summed E-state index contributed by atoms with van der Waals surface area (Å²) in [4.78, 5) is 2.42. The molecule has 2 atom stereocenters. The molecule has 1 saturated heterocycles. The third-order valence-corrected chi connectivity index (χ3v) is 3.23. The van der Waals surface area contributed by atoms with E-state index >= 15 is 0 Å². The van der Waals surface area contributed by atoms with Gasteiger partial charge in [-0.1, -0.05) is 19.8 Å². The Morgan fingerprint density at radius 2 is 2.20 bits per heavy atom. The molecular formula is C12H26N2O. The third-order valence-electron chi connectivity index (χ3n) is 3.23. The Morgan fingerprint density at radius 3 is 2.87 bits per heavy atom. The number of aliphatic hydroxyl groups is 1. The lowest BCUT2D eigenvalue weighted by Gasteiger charge is -2.36. The van der Waals surface area contributed by atoms with E-state index in [1.807, 2.05) is 0 Å². The maximum Gasteiger partial charge on any atom is 0.0556 e. The monoisotopic (exact) mass is 214 g/mol. The second-order valence-corrected chi connectivity index (χ2v) is 4.84. The topological polar surface area (TPSA) is 35.5 Å². The Hall–Kier alpha value is -0.120. The number of likely N-dealkylation sites (N-methyl/N-ethyl adjacent to an activating group) is 1. The Morgan fingerprint density at radius 1 is 1.40 bits per heavy atom. The van der Waals surface area contributed by atoms with Crippen molar-refractivity contribution in [2.24, 2.45) is 5.92 Å². The summed E-state index contributed by atoms with van der Waals surface area (Å²) in [6.45, 7) is 5.62. The predicted molar refractivity (Wildman–Crippen MR) is 64.0 cm³/mol. The molecule has 0 spiro atoms. The van der Waals surface area contributed by atoms with E-state index in [0.717, 1.165) is 19.0 Å². The van der Waals surface area contributed by atoms with Crippen molar-refractivity contribution in [2.75, 3.05) is 33.3 Å². The summed E-state index contributed by atoms with van der Waals surface area (Å²) < 4.78 is 0. The summed E-state index contributed by atoms with van der Waals surface area (Å²) in [7, 11) is 2.20. The van der Waals surface area contributed by atoms with Crippen LogP contribution >= 0.6 is 0 Å². The molecule has 1 aliphatic heterocycles. The quantitative estimate of drug-likeness (QED) is 0.694. The third kappa shape index (κ3) is 4.96. The molecule has 0 aromatic heterocycles. The first kappa shape index (κ1) is 12.9. The fourth-order valence-electron chi connectivity index (χ4n) is 2.56. The maximum atomic E-state index is 8.79. The second kappa shape index (κ2) is 7.20. The minimum absolute atomic E-state index is 0.250. The van der Waals surface area contributed by atoms with Gasteiger partial charge < -0.3 is 15.3 Å². The van der Waals surface area contributed by atoms with Crippen molar-refractivity contribution >= 4 is 0 Å². The predicted octanol–water partition coefficient (Wildman–Crippen LogP) is 1.08. The van der Waals surface area contributed by atoms with Gasteiger partial charge in [-0.2, -0.15) is 0 Å². The first-order chi connectivity index (χ1) is 7.26. The molecule has 2 unspecified atom stereocenters. The average molecular weight is 214 g/mol. The SMILES string of the molecule is CCCCC1CC(NCCO)CN(C)C1. The lowest BCUT2D eigenvalue weighted by molar-refractivity contribution is 0.156. The van der Waals surface area contributed by atoms with Crippen LogP contribution in [-0.2, 0) is 0 Å². The fraction of sp³-hybridized carbons (Fsp3) is 1.00. The van der Waals surface area contributed by atoms with Crippen LogP contribution in [-0.4, -0.2) is 49.3 Å². The number of piperidine rings is 1. The van der Waals surface area contributed by atoms with Crippen LogP contribution in [0.3, 0.4) is 0 Å². The van der Waals surface area contributed by atoms with E-state index in [-0.39, 0.29) is 6.61 Å². The average Bonchev–Trinajstić information content (AvgIpc) is 2.23. The normalized spacial score (nSPS) is 28.2. The maximum absolute atomic E-state index is 8.79. The Bertz CT molecular complexity index is 148. The molecule has 1 heterocycles. The van der Waals surface area contributed by atoms with E-state index in [2.05, 4.69) is 24.2 Å². The minimum Gasteiger partial charge on any atom is -0.395 e.